The molecule has 0 bridgehead atoms. The van der Waals surface area contributed by atoms with E-state index in [0.717, 1.165) is 32.0 Å². The van der Waals surface area contributed by atoms with E-state index in [0.29, 0.717) is 11.4 Å². The molecule has 0 saturated heterocycles. The highest BCUT2D eigenvalue weighted by atomic mass is 79.9. The largest absolute Gasteiger partial charge is 0.304 e. The van der Waals surface area contributed by atoms with Crippen molar-refractivity contribution in [2.45, 2.75) is 6.92 Å². The van der Waals surface area contributed by atoms with Gasteiger partial charge >= 0.3 is 0 Å². The number of hydrogen-bond acceptors (Lipinski definition) is 3. The first-order chi connectivity index (χ1) is 12.0. The molecular formula is C19H15BrN4O. The lowest BCUT2D eigenvalue weighted by atomic mass is 10.1. The second-order valence-corrected chi connectivity index (χ2v) is 6.77. The molecule has 124 valence electrons. The highest BCUT2D eigenvalue weighted by Crippen LogP contribution is 2.27. The molecule has 0 spiro atoms. The quantitative estimate of drug-likeness (QED) is 0.546. The maximum absolute atomic E-state index is 12.6. The molecule has 0 aliphatic heterocycles. The predicted molar refractivity (Wildman–Crippen MR) is 103 cm³/mol. The van der Waals surface area contributed by atoms with Gasteiger partial charge in [0.2, 0.25) is 0 Å². The maximum atomic E-state index is 12.6. The molecular weight excluding hydrogens is 380 g/mol. The Morgan fingerprint density at radius 2 is 1.96 bits per heavy atom. The zero-order chi connectivity index (χ0) is 17.6. The van der Waals surface area contributed by atoms with E-state index in [4.69, 9.17) is 4.98 Å². The van der Waals surface area contributed by atoms with Gasteiger partial charge in [0.15, 0.2) is 11.5 Å². The molecule has 2 heterocycles. The van der Waals surface area contributed by atoms with Gasteiger partial charge in [0.05, 0.1) is 16.5 Å². The number of pyridine rings is 1. The number of anilines is 1. The molecule has 1 amide bonds. The fourth-order valence-electron chi connectivity index (χ4n) is 2.92. The molecule has 5 nitrogen and oxygen atoms in total. The minimum absolute atomic E-state index is 0.211. The molecule has 0 fully saturated rings. The fraction of sp³-hybridized carbons (Fsp3) is 0.105. The summed E-state index contributed by atoms with van der Waals surface area (Å²) in [5.41, 5.74) is 3.36. The summed E-state index contributed by atoms with van der Waals surface area (Å²) in [7, 11) is 1.83. The van der Waals surface area contributed by atoms with Crippen molar-refractivity contribution in [2.24, 2.45) is 7.05 Å². The van der Waals surface area contributed by atoms with Gasteiger partial charge in [-0.1, -0.05) is 30.3 Å². The van der Waals surface area contributed by atoms with Gasteiger partial charge in [-0.25, -0.2) is 9.67 Å². The topological polar surface area (TPSA) is 59.8 Å². The first-order valence-corrected chi connectivity index (χ1v) is 8.63. The summed E-state index contributed by atoms with van der Waals surface area (Å²) in [6, 6.07) is 15.4. The van der Waals surface area contributed by atoms with E-state index in [1.54, 1.807) is 10.7 Å². The van der Waals surface area contributed by atoms with Crippen molar-refractivity contribution in [2.75, 3.05) is 5.32 Å². The summed E-state index contributed by atoms with van der Waals surface area (Å²) in [5.74, 6) is 0.297. The Labute approximate surface area is 152 Å². The Bertz CT molecular complexity index is 1130. The molecule has 0 atom stereocenters. The molecule has 1 N–H and O–H groups in total. The van der Waals surface area contributed by atoms with Gasteiger partial charge in [0, 0.05) is 16.9 Å². The Balaban J connectivity index is 1.83. The third-order valence-corrected chi connectivity index (χ3v) is 4.88. The van der Waals surface area contributed by atoms with Crippen LogP contribution in [0.25, 0.3) is 21.9 Å². The molecule has 0 aliphatic rings. The SMILES string of the molecule is Cc1cccc2cc3c(NC(=O)c4ccccc4Br)nn(C)c3nc12. The predicted octanol–water partition coefficient (Wildman–Crippen LogP) is 4.44. The summed E-state index contributed by atoms with van der Waals surface area (Å²) >= 11 is 3.41. The summed E-state index contributed by atoms with van der Waals surface area (Å²) in [5, 5.41) is 9.19. The Hall–Kier alpha value is -2.73. The standard InChI is InChI=1S/C19H15BrN4O/c1-11-6-5-7-12-10-14-17(23-24(2)18(14)21-16(11)12)22-19(25)13-8-3-4-9-15(13)20/h3-10H,1-2H3,(H,22,23,25). The van der Waals surface area contributed by atoms with Gasteiger partial charge in [-0.05, 0) is 46.6 Å². The molecule has 2 aromatic heterocycles. The van der Waals surface area contributed by atoms with Gasteiger partial charge in [0.1, 0.15) is 0 Å². The number of carbonyl (C=O) groups excluding carboxylic acids is 1. The van der Waals surface area contributed by atoms with E-state index in [2.05, 4.69) is 26.3 Å². The number of para-hydroxylation sites is 1. The summed E-state index contributed by atoms with van der Waals surface area (Å²) in [4.78, 5) is 17.3. The molecule has 0 saturated carbocycles. The van der Waals surface area contributed by atoms with Crippen molar-refractivity contribution in [3.8, 4) is 0 Å². The fourth-order valence-corrected chi connectivity index (χ4v) is 3.39. The normalized spacial score (nSPS) is 11.2. The van der Waals surface area contributed by atoms with Crippen LogP contribution in [0.4, 0.5) is 5.82 Å². The van der Waals surface area contributed by atoms with Crippen LogP contribution >= 0.6 is 15.9 Å². The second kappa shape index (κ2) is 5.97. The number of amides is 1. The van der Waals surface area contributed by atoms with Crippen LogP contribution in [0.5, 0.6) is 0 Å². The molecule has 2 aromatic carbocycles. The average molecular weight is 395 g/mol. The van der Waals surface area contributed by atoms with Gasteiger partial charge in [-0.3, -0.25) is 4.79 Å². The van der Waals surface area contributed by atoms with E-state index in [-0.39, 0.29) is 5.91 Å². The van der Waals surface area contributed by atoms with Crippen molar-refractivity contribution in [1.82, 2.24) is 14.8 Å². The van der Waals surface area contributed by atoms with E-state index in [1.165, 1.54) is 0 Å². The van der Waals surface area contributed by atoms with Crippen LogP contribution in [-0.4, -0.2) is 20.7 Å². The smallest absolute Gasteiger partial charge is 0.258 e. The number of aryl methyl sites for hydroxylation is 2. The maximum Gasteiger partial charge on any atom is 0.258 e. The second-order valence-electron chi connectivity index (χ2n) is 5.91. The number of fused-ring (bicyclic) bond motifs is 2. The monoisotopic (exact) mass is 394 g/mol. The highest BCUT2D eigenvalue weighted by Gasteiger charge is 2.16. The van der Waals surface area contributed by atoms with Crippen molar-refractivity contribution in [3.05, 3.63) is 64.1 Å². The average Bonchev–Trinajstić information content (AvgIpc) is 2.89. The first kappa shape index (κ1) is 15.8. The number of halogens is 1. The van der Waals surface area contributed by atoms with Crippen molar-refractivity contribution >= 4 is 49.6 Å². The molecule has 6 heteroatoms. The summed E-state index contributed by atoms with van der Waals surface area (Å²) in [6.07, 6.45) is 0. The van der Waals surface area contributed by atoms with E-state index >= 15 is 0 Å². The van der Waals surface area contributed by atoms with Crippen LogP contribution in [0, 0.1) is 6.92 Å². The Kier molecular flexibility index (Phi) is 3.77. The lowest BCUT2D eigenvalue weighted by molar-refractivity contribution is 0.102. The molecule has 25 heavy (non-hydrogen) atoms. The number of nitrogens with one attached hydrogen (secondary N) is 1. The zero-order valence-electron chi connectivity index (χ0n) is 13.7. The summed E-state index contributed by atoms with van der Waals surface area (Å²) in [6.45, 7) is 2.03. The van der Waals surface area contributed by atoms with Crippen LogP contribution < -0.4 is 5.32 Å². The van der Waals surface area contributed by atoms with Gasteiger partial charge in [-0.15, -0.1) is 0 Å². The lowest BCUT2D eigenvalue weighted by Gasteiger charge is -2.05. The first-order valence-electron chi connectivity index (χ1n) is 7.83. The number of nitrogens with zero attached hydrogens (tertiary/aromatic N) is 3. The minimum Gasteiger partial charge on any atom is -0.304 e. The van der Waals surface area contributed by atoms with Crippen molar-refractivity contribution in [1.29, 1.82) is 0 Å². The zero-order valence-corrected chi connectivity index (χ0v) is 15.3. The van der Waals surface area contributed by atoms with E-state index in [1.807, 2.05) is 56.4 Å². The number of hydrogen-bond donors (Lipinski definition) is 1. The van der Waals surface area contributed by atoms with Crippen LogP contribution in [-0.2, 0) is 7.05 Å². The number of rotatable bonds is 2. The third-order valence-electron chi connectivity index (χ3n) is 4.19. The van der Waals surface area contributed by atoms with Gasteiger partial charge < -0.3 is 5.32 Å². The van der Waals surface area contributed by atoms with Crippen LogP contribution in [0.2, 0.25) is 0 Å². The van der Waals surface area contributed by atoms with E-state index in [9.17, 15) is 4.79 Å². The van der Waals surface area contributed by atoms with Gasteiger partial charge in [-0.2, -0.15) is 5.10 Å². The Morgan fingerprint density at radius 1 is 1.16 bits per heavy atom. The molecule has 0 radical (unpaired) electrons. The minimum atomic E-state index is -0.211. The summed E-state index contributed by atoms with van der Waals surface area (Å²) < 4.78 is 2.43. The lowest BCUT2D eigenvalue weighted by Crippen LogP contribution is -2.13. The van der Waals surface area contributed by atoms with Crippen LogP contribution in [0.3, 0.4) is 0 Å². The van der Waals surface area contributed by atoms with Crippen LogP contribution in [0.15, 0.2) is 53.0 Å². The number of aromatic nitrogens is 3. The molecule has 0 aliphatic carbocycles. The number of benzene rings is 2. The molecule has 4 aromatic rings. The van der Waals surface area contributed by atoms with Crippen molar-refractivity contribution < 1.29 is 4.79 Å². The van der Waals surface area contributed by atoms with Crippen molar-refractivity contribution in [3.63, 3.8) is 0 Å². The van der Waals surface area contributed by atoms with E-state index < -0.39 is 0 Å². The Morgan fingerprint density at radius 3 is 2.76 bits per heavy atom. The number of carbonyl (C=O) groups is 1. The molecule has 4 rings (SSSR count). The van der Waals surface area contributed by atoms with Gasteiger partial charge in [0.25, 0.3) is 5.91 Å². The molecule has 0 unspecified atom stereocenters. The third kappa shape index (κ3) is 2.68. The van der Waals surface area contributed by atoms with Crippen LogP contribution in [0.1, 0.15) is 15.9 Å². The highest BCUT2D eigenvalue weighted by molar-refractivity contribution is 9.10.